The van der Waals surface area contributed by atoms with E-state index in [0.29, 0.717) is 24.3 Å². The third kappa shape index (κ3) is 6.83. The molecule has 2 aliphatic carbocycles. The van der Waals surface area contributed by atoms with E-state index in [4.69, 9.17) is 13.1 Å². The molecule has 0 heterocycles. The van der Waals surface area contributed by atoms with Crippen LogP contribution >= 0.6 is 0 Å². The number of fused-ring (bicyclic) bond motifs is 2. The molecule has 0 aliphatic heterocycles. The molecule has 0 saturated heterocycles. The number of rotatable bonds is 4. The van der Waals surface area contributed by atoms with Gasteiger partial charge in [0.25, 0.3) is 0 Å². The lowest BCUT2D eigenvalue weighted by atomic mass is 9.78. The van der Waals surface area contributed by atoms with Crippen LogP contribution in [0.3, 0.4) is 0 Å². The zero-order chi connectivity index (χ0) is 46.4. The Morgan fingerprint density at radius 1 is 0.484 bits per heavy atom. The van der Waals surface area contributed by atoms with E-state index in [1.165, 1.54) is 0 Å². The van der Waals surface area contributed by atoms with E-state index in [9.17, 15) is 57.9 Å². The van der Waals surface area contributed by atoms with Gasteiger partial charge in [-0.2, -0.15) is 57.9 Å². The summed E-state index contributed by atoms with van der Waals surface area (Å²) in [6.07, 6.45) is -9.82. The quantitative estimate of drug-likeness (QED) is 0.0997. The van der Waals surface area contributed by atoms with E-state index < -0.39 is 102 Å². The second kappa shape index (κ2) is 15.8. The van der Waals surface area contributed by atoms with Crippen LogP contribution in [0.5, 0.6) is 0 Å². The Morgan fingerprint density at radius 2 is 0.906 bits per heavy atom. The van der Waals surface area contributed by atoms with Crippen LogP contribution < -0.4 is 0 Å². The van der Waals surface area contributed by atoms with Crippen molar-refractivity contribution in [3.8, 4) is 58.7 Å². The lowest BCUT2D eigenvalue weighted by Crippen LogP contribution is -2.07. The largest absolute Gasteiger partial charge is 0.416 e. The second-order valence-electron chi connectivity index (χ2n) is 13.7. The molecule has 0 atom stereocenters. The molecule has 0 amide bonds. The summed E-state index contributed by atoms with van der Waals surface area (Å²) in [7, 11) is 0. The van der Waals surface area contributed by atoms with Crippen LogP contribution in [-0.2, 0) is 12.4 Å². The number of benzene rings is 5. The minimum absolute atomic E-state index is 0.180. The lowest BCUT2D eigenvalue weighted by Gasteiger charge is -2.24. The molecule has 2 aliphatic rings. The van der Waals surface area contributed by atoms with Crippen molar-refractivity contribution in [2.45, 2.75) is 12.4 Å². The first kappa shape index (κ1) is 42.5. The number of halogens is 8. The van der Waals surface area contributed by atoms with Crippen LogP contribution in [0.25, 0.3) is 65.6 Å². The van der Waals surface area contributed by atoms with Crippen molar-refractivity contribution < 1.29 is 35.1 Å². The van der Waals surface area contributed by atoms with Gasteiger partial charge in [-0.15, -0.1) is 0 Å². The molecule has 0 saturated carbocycles. The van der Waals surface area contributed by atoms with Crippen molar-refractivity contribution in [1.82, 2.24) is 0 Å². The summed E-state index contributed by atoms with van der Waals surface area (Å²) in [5.41, 5.74) is -12.0. The third-order valence-electron chi connectivity index (χ3n) is 10.2. The first-order valence-corrected chi connectivity index (χ1v) is 17.9. The maximum Gasteiger partial charge on any atom is 0.416 e. The molecule has 0 fully saturated rings. The van der Waals surface area contributed by atoms with Gasteiger partial charge in [-0.05, 0) is 105 Å². The predicted molar refractivity (Wildman–Crippen MR) is 213 cm³/mol. The minimum Gasteiger partial charge on any atom is -0.237 e. The van der Waals surface area contributed by atoms with E-state index in [-0.39, 0.29) is 44.5 Å². The SMILES string of the molecule is [C-]#[N+]C1=C(F)/C(=C(/C#N)c2cc(C#N)cc(C#N)c2)c2c1c(-c1ccc(C(F)(F)F)cc1)c1c(c2-c2ccc(C(F)(F)F)cc2)C(C#N)=C(F)/C1=C(/[N+]#[C-])c1cc(C#N)cc(C#N)c1. The van der Waals surface area contributed by atoms with Crippen LogP contribution in [0.15, 0.2) is 96.6 Å². The average molecular weight is 855 g/mol. The Hall–Kier alpha value is -9.58. The lowest BCUT2D eigenvalue weighted by molar-refractivity contribution is -0.138. The summed E-state index contributed by atoms with van der Waals surface area (Å²) < 4.78 is 119. The second-order valence-corrected chi connectivity index (χ2v) is 13.7. The monoisotopic (exact) mass is 854 g/mol. The van der Waals surface area contributed by atoms with Gasteiger partial charge in [0.15, 0.2) is 0 Å². The Labute approximate surface area is 356 Å². The van der Waals surface area contributed by atoms with Gasteiger partial charge in [0.05, 0.1) is 81.9 Å². The van der Waals surface area contributed by atoms with Crippen LogP contribution in [0.1, 0.15) is 66.8 Å². The Kier molecular flexibility index (Phi) is 10.5. The molecule has 0 unspecified atom stereocenters. The maximum atomic E-state index is 17.5. The molecule has 0 bridgehead atoms. The molecule has 7 rings (SSSR count). The number of hydrogen-bond acceptors (Lipinski definition) is 6. The number of allylic oxidation sites excluding steroid dienone is 6. The van der Waals surface area contributed by atoms with Crippen molar-refractivity contribution >= 4 is 33.7 Å². The van der Waals surface area contributed by atoms with Crippen molar-refractivity contribution in [2.24, 2.45) is 0 Å². The van der Waals surface area contributed by atoms with E-state index in [1.807, 2.05) is 18.2 Å². The van der Waals surface area contributed by atoms with Crippen LogP contribution in [-0.4, -0.2) is 0 Å². The van der Waals surface area contributed by atoms with Crippen molar-refractivity contribution in [1.29, 1.82) is 31.6 Å². The van der Waals surface area contributed by atoms with Crippen LogP contribution in [0.4, 0.5) is 35.1 Å². The zero-order valence-corrected chi connectivity index (χ0v) is 31.7. The Balaban J connectivity index is 1.82. The molecule has 8 nitrogen and oxygen atoms in total. The summed E-state index contributed by atoms with van der Waals surface area (Å²) in [6, 6.07) is 23.4. The fourth-order valence-electron chi connectivity index (χ4n) is 7.64. The third-order valence-corrected chi connectivity index (χ3v) is 10.2. The fourth-order valence-corrected chi connectivity index (χ4v) is 7.64. The number of alkyl halides is 6. The molecule has 0 radical (unpaired) electrons. The van der Waals surface area contributed by atoms with Gasteiger partial charge in [-0.25, -0.2) is 18.5 Å². The Bertz CT molecular complexity index is 3140. The van der Waals surface area contributed by atoms with Gasteiger partial charge >= 0.3 is 12.4 Å². The van der Waals surface area contributed by atoms with E-state index in [2.05, 4.69) is 9.69 Å². The van der Waals surface area contributed by atoms with Crippen molar-refractivity contribution in [2.75, 3.05) is 0 Å². The average Bonchev–Trinajstić information content (AvgIpc) is 3.73. The van der Waals surface area contributed by atoms with Gasteiger partial charge in [0, 0.05) is 22.3 Å². The van der Waals surface area contributed by atoms with E-state index >= 15 is 8.78 Å². The molecule has 5 aromatic carbocycles. The predicted octanol–water partition coefficient (Wildman–Crippen LogP) is 12.6. The summed E-state index contributed by atoms with van der Waals surface area (Å²) >= 11 is 0. The molecular formula is C48H14F8N8. The highest BCUT2D eigenvalue weighted by atomic mass is 19.4. The number of nitrogens with zero attached hydrogens (tertiary/aromatic N) is 8. The molecule has 302 valence electrons. The molecule has 16 heteroatoms. The standard InChI is InChI=1S/C48H14F8N8/c1-63-45(30-15-25(19-59)12-26(16-30)20-60)42-39-36(28-5-9-32(10-6-28)48(54,55)56)41-40(35(37(39)34(22-62)43(42)49)27-3-7-31(8-4-27)47(51,52)53)38(44(50)46(41)64-2)33(21-61)29-13-23(17-57)11-24(14-29)18-58/h3-16H/b38-33-,45-42+. The summed E-state index contributed by atoms with van der Waals surface area (Å²) in [5.74, 6) is -2.93. The smallest absolute Gasteiger partial charge is 0.237 e. The molecule has 5 aromatic rings. The van der Waals surface area contributed by atoms with E-state index in [1.54, 1.807) is 18.2 Å². The first-order chi connectivity index (χ1) is 30.5. The zero-order valence-electron chi connectivity index (χ0n) is 31.7. The van der Waals surface area contributed by atoms with Gasteiger partial charge in [0.2, 0.25) is 11.4 Å². The number of hydrogen-bond donors (Lipinski definition) is 0. The van der Waals surface area contributed by atoms with Crippen molar-refractivity contribution in [3.63, 3.8) is 0 Å². The highest BCUT2D eigenvalue weighted by molar-refractivity contribution is 6.24. The van der Waals surface area contributed by atoms with Gasteiger partial charge in [0.1, 0.15) is 23.8 Å². The van der Waals surface area contributed by atoms with Crippen LogP contribution in [0.2, 0.25) is 0 Å². The minimum atomic E-state index is -4.91. The molecule has 64 heavy (non-hydrogen) atoms. The molecule has 0 N–H and O–H groups in total. The number of nitriles is 6. The summed E-state index contributed by atoms with van der Waals surface area (Å²) in [6.45, 7) is 16.5. The van der Waals surface area contributed by atoms with Gasteiger partial charge in [-0.1, -0.05) is 24.3 Å². The molecule has 0 spiro atoms. The summed E-state index contributed by atoms with van der Waals surface area (Å²) in [4.78, 5) is 6.91. The summed E-state index contributed by atoms with van der Waals surface area (Å²) in [5, 5.41) is 60.5. The normalized spacial score (nSPS) is 14.4. The highest BCUT2D eigenvalue weighted by Crippen LogP contribution is 2.61. The molecular weight excluding hydrogens is 841 g/mol. The highest BCUT2D eigenvalue weighted by Gasteiger charge is 2.44. The van der Waals surface area contributed by atoms with E-state index in [0.717, 1.165) is 60.7 Å². The van der Waals surface area contributed by atoms with Crippen molar-refractivity contribution in [3.05, 3.63) is 186 Å². The van der Waals surface area contributed by atoms with Gasteiger partial charge < -0.3 is 0 Å². The fraction of sp³-hybridized carbons (Fsp3) is 0.0417. The first-order valence-electron chi connectivity index (χ1n) is 17.9. The Morgan fingerprint density at radius 3 is 1.28 bits per heavy atom. The molecule has 0 aromatic heterocycles. The van der Waals surface area contributed by atoms with Gasteiger partial charge in [-0.3, -0.25) is 0 Å². The maximum absolute atomic E-state index is 17.5. The van der Waals surface area contributed by atoms with Crippen LogP contribution in [0, 0.1) is 81.1 Å². The topological polar surface area (TPSA) is 151 Å².